The molecule has 1 aromatic rings. The summed E-state index contributed by atoms with van der Waals surface area (Å²) < 4.78 is 2.01. The van der Waals surface area contributed by atoms with E-state index in [1.54, 1.807) is 0 Å². The van der Waals surface area contributed by atoms with E-state index in [-0.39, 0.29) is 0 Å². The number of carbonyl (C=O) groups excluding carboxylic acids is 1. The molecule has 0 saturated carbocycles. The second-order valence-electron chi connectivity index (χ2n) is 3.04. The van der Waals surface area contributed by atoms with Gasteiger partial charge in [0.05, 0.1) is 6.20 Å². The first-order chi connectivity index (χ1) is 6.67. The molecule has 0 saturated heterocycles. The van der Waals surface area contributed by atoms with Crippen LogP contribution in [0, 0.1) is 0 Å². The average molecular weight is 197 g/mol. The number of carbonyl (C=O) groups is 1. The van der Waals surface area contributed by atoms with Crippen LogP contribution in [0.1, 0.15) is 20.3 Å². The molecule has 1 aromatic heterocycles. The molecule has 4 heteroatoms. The first-order valence-corrected chi connectivity index (χ1v) is 4.76. The molecule has 0 aliphatic carbocycles. The van der Waals surface area contributed by atoms with E-state index < -0.39 is 0 Å². The van der Waals surface area contributed by atoms with Gasteiger partial charge in [-0.2, -0.15) is 5.10 Å². The highest BCUT2D eigenvalue weighted by molar-refractivity contribution is 5.44. The summed E-state index contributed by atoms with van der Waals surface area (Å²) in [5.41, 5.74) is 0. The normalized spacial score (nSPS) is 8.86. The molecule has 0 aliphatic heterocycles. The van der Waals surface area contributed by atoms with Crippen LogP contribution in [0.5, 0.6) is 0 Å². The predicted molar refractivity (Wildman–Crippen MR) is 58.6 cm³/mol. The molecule has 0 fully saturated rings. The van der Waals surface area contributed by atoms with Crippen LogP contribution < -0.4 is 4.90 Å². The van der Waals surface area contributed by atoms with Gasteiger partial charge in [-0.3, -0.25) is 0 Å². The summed E-state index contributed by atoms with van der Waals surface area (Å²) in [7, 11) is 4.06. The number of aromatic nitrogens is 2. The molecule has 0 aliphatic rings. The first kappa shape index (κ1) is 12.7. The van der Waals surface area contributed by atoms with Crippen LogP contribution in [0.4, 0.5) is 5.82 Å². The van der Waals surface area contributed by atoms with Crippen LogP contribution in [0.15, 0.2) is 12.3 Å². The second kappa shape index (κ2) is 7.12. The van der Waals surface area contributed by atoms with Crippen LogP contribution in [-0.4, -0.2) is 30.2 Å². The lowest BCUT2D eigenvalue weighted by molar-refractivity contribution is -0.106. The van der Waals surface area contributed by atoms with Crippen molar-refractivity contribution >= 4 is 12.1 Å². The molecular weight excluding hydrogens is 178 g/mol. The quantitative estimate of drug-likeness (QED) is 0.690. The molecule has 0 radical (unpaired) electrons. The van der Waals surface area contributed by atoms with Gasteiger partial charge in [0.25, 0.3) is 0 Å². The topological polar surface area (TPSA) is 38.1 Å². The fourth-order valence-electron chi connectivity index (χ4n) is 1.09. The van der Waals surface area contributed by atoms with Crippen molar-refractivity contribution in [2.45, 2.75) is 26.8 Å². The Morgan fingerprint density at radius 2 is 2.14 bits per heavy atom. The van der Waals surface area contributed by atoms with Crippen molar-refractivity contribution in [3.05, 3.63) is 12.3 Å². The zero-order chi connectivity index (χ0) is 11.0. The lowest BCUT2D eigenvalue weighted by Crippen LogP contribution is -2.14. The van der Waals surface area contributed by atoms with Crippen molar-refractivity contribution in [2.24, 2.45) is 0 Å². The maximum Gasteiger partial charge on any atom is 0.126 e. The van der Waals surface area contributed by atoms with Crippen LogP contribution in [0.25, 0.3) is 0 Å². The summed E-state index contributed by atoms with van der Waals surface area (Å²) >= 11 is 0. The average Bonchev–Trinajstić information content (AvgIpc) is 2.54. The standard InChI is InChI=1S/C8H15N3.C2H4O/c1-4-7-11-8(10(2)3)5-6-9-11;1-2-3/h5-6H,4,7H2,1-3H3;2H,1H3. The Morgan fingerprint density at radius 3 is 2.57 bits per heavy atom. The Balaban J connectivity index is 0.000000500. The van der Waals surface area contributed by atoms with Gasteiger partial charge in [-0.05, 0) is 13.3 Å². The van der Waals surface area contributed by atoms with Gasteiger partial charge < -0.3 is 9.69 Å². The van der Waals surface area contributed by atoms with E-state index in [9.17, 15) is 0 Å². The Morgan fingerprint density at radius 1 is 1.57 bits per heavy atom. The number of anilines is 1. The van der Waals surface area contributed by atoms with Gasteiger partial charge in [0, 0.05) is 26.7 Å². The van der Waals surface area contributed by atoms with Crippen molar-refractivity contribution in [1.82, 2.24) is 9.78 Å². The van der Waals surface area contributed by atoms with Crippen LogP contribution in [0.2, 0.25) is 0 Å². The highest BCUT2D eigenvalue weighted by Crippen LogP contribution is 2.09. The third-order valence-electron chi connectivity index (χ3n) is 1.59. The number of rotatable bonds is 3. The summed E-state index contributed by atoms with van der Waals surface area (Å²) in [6.45, 7) is 4.60. The third kappa shape index (κ3) is 4.07. The predicted octanol–water partition coefficient (Wildman–Crippen LogP) is 1.56. The fraction of sp³-hybridized carbons (Fsp3) is 0.600. The van der Waals surface area contributed by atoms with E-state index in [1.165, 1.54) is 12.7 Å². The number of nitrogens with zero attached hydrogens (tertiary/aromatic N) is 3. The van der Waals surface area contributed by atoms with E-state index in [0.717, 1.165) is 19.3 Å². The molecule has 1 heterocycles. The lowest BCUT2D eigenvalue weighted by atomic mass is 10.5. The second-order valence-corrected chi connectivity index (χ2v) is 3.04. The summed E-state index contributed by atoms with van der Waals surface area (Å²) in [5, 5.41) is 4.20. The minimum Gasteiger partial charge on any atom is -0.363 e. The van der Waals surface area contributed by atoms with Gasteiger partial charge in [0.15, 0.2) is 0 Å². The van der Waals surface area contributed by atoms with Crippen LogP contribution in [-0.2, 0) is 11.3 Å². The Kier molecular flexibility index (Phi) is 6.45. The maximum atomic E-state index is 8.81. The van der Waals surface area contributed by atoms with Crippen molar-refractivity contribution in [3.8, 4) is 0 Å². The van der Waals surface area contributed by atoms with Crippen molar-refractivity contribution < 1.29 is 4.79 Å². The van der Waals surface area contributed by atoms with E-state index in [0.29, 0.717) is 0 Å². The number of hydrogen-bond donors (Lipinski definition) is 0. The SMILES string of the molecule is CC=O.CCCn1nccc1N(C)C. The van der Waals surface area contributed by atoms with Gasteiger partial charge in [0.1, 0.15) is 12.1 Å². The maximum absolute atomic E-state index is 8.81. The highest BCUT2D eigenvalue weighted by atomic mass is 16.1. The zero-order valence-electron chi connectivity index (χ0n) is 9.40. The van der Waals surface area contributed by atoms with Gasteiger partial charge in [-0.15, -0.1) is 0 Å². The molecule has 14 heavy (non-hydrogen) atoms. The number of aldehydes is 1. The van der Waals surface area contributed by atoms with Gasteiger partial charge in [-0.1, -0.05) is 6.92 Å². The van der Waals surface area contributed by atoms with E-state index in [4.69, 9.17) is 4.79 Å². The van der Waals surface area contributed by atoms with E-state index in [1.807, 2.05) is 31.0 Å². The largest absolute Gasteiger partial charge is 0.363 e. The Hall–Kier alpha value is -1.32. The van der Waals surface area contributed by atoms with Gasteiger partial charge >= 0.3 is 0 Å². The smallest absolute Gasteiger partial charge is 0.126 e. The molecule has 0 N–H and O–H groups in total. The minimum absolute atomic E-state index is 0.750. The molecule has 0 spiro atoms. The van der Waals surface area contributed by atoms with Crippen LogP contribution >= 0.6 is 0 Å². The van der Waals surface area contributed by atoms with Crippen molar-refractivity contribution in [1.29, 1.82) is 0 Å². The molecule has 0 unspecified atom stereocenters. The summed E-state index contributed by atoms with van der Waals surface area (Å²) in [5.74, 6) is 1.17. The molecule has 80 valence electrons. The fourth-order valence-corrected chi connectivity index (χ4v) is 1.09. The van der Waals surface area contributed by atoms with Gasteiger partial charge in [-0.25, -0.2) is 4.68 Å². The zero-order valence-corrected chi connectivity index (χ0v) is 9.40. The summed E-state index contributed by atoms with van der Waals surface area (Å²) in [6.07, 6.45) is 3.72. The minimum atomic E-state index is 0.750. The molecule has 0 aromatic carbocycles. The third-order valence-corrected chi connectivity index (χ3v) is 1.59. The molecule has 0 bridgehead atoms. The molecule has 4 nitrogen and oxygen atoms in total. The molecular formula is C10H19N3O. The Bertz CT molecular complexity index is 256. The summed E-state index contributed by atoms with van der Waals surface area (Å²) in [6, 6.07) is 2.02. The molecule has 1 rings (SSSR count). The van der Waals surface area contributed by atoms with Crippen molar-refractivity contribution in [2.75, 3.05) is 19.0 Å². The monoisotopic (exact) mass is 197 g/mol. The number of aryl methyl sites for hydroxylation is 1. The van der Waals surface area contributed by atoms with E-state index >= 15 is 0 Å². The van der Waals surface area contributed by atoms with Gasteiger partial charge in [0.2, 0.25) is 0 Å². The van der Waals surface area contributed by atoms with E-state index in [2.05, 4.69) is 16.9 Å². The highest BCUT2D eigenvalue weighted by Gasteiger charge is 2.01. The summed E-state index contributed by atoms with van der Waals surface area (Å²) in [4.78, 5) is 10.9. The molecule has 0 amide bonds. The lowest BCUT2D eigenvalue weighted by Gasteiger charge is -2.13. The first-order valence-electron chi connectivity index (χ1n) is 4.76. The number of hydrogen-bond acceptors (Lipinski definition) is 3. The molecule has 0 atom stereocenters. The Labute approximate surface area is 85.5 Å². The van der Waals surface area contributed by atoms with Crippen molar-refractivity contribution in [3.63, 3.8) is 0 Å². The van der Waals surface area contributed by atoms with Crippen LogP contribution in [0.3, 0.4) is 0 Å².